The third-order valence-corrected chi connectivity index (χ3v) is 1.77. The van der Waals surface area contributed by atoms with Crippen LogP contribution in [0.5, 0.6) is 0 Å². The predicted octanol–water partition coefficient (Wildman–Crippen LogP) is 3.28. The summed E-state index contributed by atoms with van der Waals surface area (Å²) in [5, 5.41) is 0. The fraction of sp³-hybridized carbons (Fsp3) is 0.167. The Morgan fingerprint density at radius 3 is 2.46 bits per heavy atom. The maximum Gasteiger partial charge on any atom is 0.0317 e. The third-order valence-electron chi connectivity index (χ3n) is 1.77. The van der Waals surface area contributed by atoms with Gasteiger partial charge in [0.05, 0.1) is 0 Å². The molecule has 0 atom stereocenters. The second-order valence-electron chi connectivity index (χ2n) is 2.52. The molecule has 0 heterocycles. The third kappa shape index (κ3) is 3.16. The average molecular weight is 175 g/mol. The number of hydrogen-bond acceptors (Lipinski definition) is 1. The molecular formula is C12H17N. The van der Waals surface area contributed by atoms with E-state index >= 15 is 0 Å². The minimum atomic E-state index is 0.826. The van der Waals surface area contributed by atoms with Crippen molar-refractivity contribution >= 4 is 11.8 Å². The van der Waals surface area contributed by atoms with Gasteiger partial charge in [0.2, 0.25) is 0 Å². The summed E-state index contributed by atoms with van der Waals surface area (Å²) in [7, 11) is 0. The van der Waals surface area contributed by atoms with E-state index in [1.165, 1.54) is 11.1 Å². The van der Waals surface area contributed by atoms with E-state index in [1.807, 2.05) is 24.3 Å². The summed E-state index contributed by atoms with van der Waals surface area (Å²) in [5.41, 5.74) is 8.90. The molecule has 0 unspecified atom stereocenters. The van der Waals surface area contributed by atoms with Crippen molar-refractivity contribution in [2.45, 2.75) is 13.3 Å². The normalized spacial score (nSPS) is 8.38. The summed E-state index contributed by atoms with van der Waals surface area (Å²) in [6, 6.07) is 5.90. The van der Waals surface area contributed by atoms with Gasteiger partial charge in [-0.05, 0) is 29.7 Å². The second-order valence-corrected chi connectivity index (χ2v) is 2.52. The molecule has 0 aliphatic rings. The number of nitrogen functional groups attached to an aromatic ring is 1. The first-order valence-corrected chi connectivity index (χ1v) is 4.28. The summed E-state index contributed by atoms with van der Waals surface area (Å²) >= 11 is 0. The molecule has 1 aromatic rings. The second kappa shape index (κ2) is 6.06. The summed E-state index contributed by atoms with van der Waals surface area (Å²) in [4.78, 5) is 0. The lowest BCUT2D eigenvalue weighted by Crippen LogP contribution is -1.90. The topological polar surface area (TPSA) is 26.0 Å². The zero-order chi connectivity index (χ0) is 10.3. The average Bonchev–Trinajstić information content (AvgIpc) is 2.20. The smallest absolute Gasteiger partial charge is 0.0317 e. The highest BCUT2D eigenvalue weighted by Crippen LogP contribution is 2.14. The Hall–Kier alpha value is -1.50. The quantitative estimate of drug-likeness (QED) is 0.541. The Morgan fingerprint density at radius 1 is 1.38 bits per heavy atom. The highest BCUT2D eigenvalue weighted by molar-refractivity contribution is 5.57. The zero-order valence-corrected chi connectivity index (χ0v) is 8.22. The Morgan fingerprint density at radius 2 is 2.00 bits per heavy atom. The number of hydrogen-bond donors (Lipinski definition) is 1. The fourth-order valence-corrected chi connectivity index (χ4v) is 1.13. The molecule has 0 saturated carbocycles. The van der Waals surface area contributed by atoms with Gasteiger partial charge in [-0.1, -0.05) is 25.6 Å². The molecule has 1 rings (SSSR count). The SMILES string of the molecule is C=C.C=Cc1ccc(N)cc1CC. The van der Waals surface area contributed by atoms with E-state index in [4.69, 9.17) is 5.73 Å². The molecule has 13 heavy (non-hydrogen) atoms. The highest BCUT2D eigenvalue weighted by atomic mass is 14.5. The lowest BCUT2D eigenvalue weighted by atomic mass is 10.0. The molecule has 2 N–H and O–H groups in total. The molecule has 1 aromatic carbocycles. The van der Waals surface area contributed by atoms with E-state index in [1.54, 1.807) is 0 Å². The van der Waals surface area contributed by atoms with Crippen molar-refractivity contribution in [2.24, 2.45) is 0 Å². The van der Waals surface area contributed by atoms with Crippen molar-refractivity contribution in [3.63, 3.8) is 0 Å². The Kier molecular flexibility index (Phi) is 5.37. The van der Waals surface area contributed by atoms with Crippen molar-refractivity contribution < 1.29 is 0 Å². The van der Waals surface area contributed by atoms with E-state index in [0.29, 0.717) is 0 Å². The summed E-state index contributed by atoms with van der Waals surface area (Å²) in [6.45, 7) is 11.8. The minimum Gasteiger partial charge on any atom is -0.399 e. The molecule has 0 fully saturated rings. The van der Waals surface area contributed by atoms with Crippen LogP contribution in [0.15, 0.2) is 37.9 Å². The number of rotatable bonds is 2. The lowest BCUT2D eigenvalue weighted by molar-refractivity contribution is 1.13. The number of aryl methyl sites for hydroxylation is 1. The highest BCUT2D eigenvalue weighted by Gasteiger charge is 1.95. The monoisotopic (exact) mass is 175 g/mol. The van der Waals surface area contributed by atoms with Crippen molar-refractivity contribution in [1.29, 1.82) is 0 Å². The van der Waals surface area contributed by atoms with Crippen LogP contribution in [-0.2, 0) is 6.42 Å². The van der Waals surface area contributed by atoms with Crippen molar-refractivity contribution in [3.05, 3.63) is 49.1 Å². The Bertz CT molecular complexity index is 276. The molecule has 70 valence electrons. The van der Waals surface area contributed by atoms with Crippen LogP contribution in [0.1, 0.15) is 18.1 Å². The molecule has 0 spiro atoms. The van der Waals surface area contributed by atoms with Crippen LogP contribution in [-0.4, -0.2) is 0 Å². The van der Waals surface area contributed by atoms with Crippen LogP contribution < -0.4 is 5.73 Å². The van der Waals surface area contributed by atoms with Gasteiger partial charge in [0.15, 0.2) is 0 Å². The van der Waals surface area contributed by atoms with Gasteiger partial charge >= 0.3 is 0 Å². The fourth-order valence-electron chi connectivity index (χ4n) is 1.13. The molecular weight excluding hydrogens is 158 g/mol. The molecule has 0 aliphatic carbocycles. The van der Waals surface area contributed by atoms with Crippen LogP contribution in [0.4, 0.5) is 5.69 Å². The molecule has 1 nitrogen and oxygen atoms in total. The maximum atomic E-state index is 5.62. The molecule has 0 amide bonds. The van der Waals surface area contributed by atoms with Gasteiger partial charge in [0.1, 0.15) is 0 Å². The van der Waals surface area contributed by atoms with Crippen molar-refractivity contribution in [1.82, 2.24) is 0 Å². The van der Waals surface area contributed by atoms with E-state index in [-0.39, 0.29) is 0 Å². The number of anilines is 1. The standard InChI is InChI=1S/C10H13N.C2H4/c1-3-8-5-6-10(11)7-9(8)4-2;1-2/h3,5-7H,1,4,11H2,2H3;1-2H2. The van der Waals surface area contributed by atoms with Crippen LogP contribution >= 0.6 is 0 Å². The van der Waals surface area contributed by atoms with E-state index in [0.717, 1.165) is 12.1 Å². The van der Waals surface area contributed by atoms with Gasteiger partial charge in [0.25, 0.3) is 0 Å². The first-order valence-electron chi connectivity index (χ1n) is 4.28. The van der Waals surface area contributed by atoms with Crippen molar-refractivity contribution in [3.8, 4) is 0 Å². The van der Waals surface area contributed by atoms with E-state index in [2.05, 4.69) is 26.7 Å². The largest absolute Gasteiger partial charge is 0.399 e. The minimum absolute atomic E-state index is 0.826. The Labute approximate surface area is 80.6 Å². The van der Waals surface area contributed by atoms with Gasteiger partial charge in [-0.15, -0.1) is 13.2 Å². The maximum absolute atomic E-state index is 5.62. The Balaban J connectivity index is 0.000000671. The van der Waals surface area contributed by atoms with Gasteiger partial charge in [-0.25, -0.2) is 0 Å². The van der Waals surface area contributed by atoms with Crippen LogP contribution in [0.25, 0.3) is 6.08 Å². The summed E-state index contributed by atoms with van der Waals surface area (Å²) in [6.07, 6.45) is 2.87. The molecule has 0 aromatic heterocycles. The number of benzene rings is 1. The van der Waals surface area contributed by atoms with Crippen molar-refractivity contribution in [2.75, 3.05) is 5.73 Å². The van der Waals surface area contributed by atoms with Gasteiger partial charge < -0.3 is 5.73 Å². The molecule has 0 bridgehead atoms. The summed E-state index contributed by atoms with van der Waals surface area (Å²) < 4.78 is 0. The first-order chi connectivity index (χ1) is 6.27. The molecule has 0 saturated heterocycles. The van der Waals surface area contributed by atoms with E-state index in [9.17, 15) is 0 Å². The van der Waals surface area contributed by atoms with E-state index < -0.39 is 0 Å². The van der Waals surface area contributed by atoms with Gasteiger partial charge in [-0.2, -0.15) is 0 Å². The van der Waals surface area contributed by atoms with Crippen LogP contribution in [0.2, 0.25) is 0 Å². The molecule has 0 aliphatic heterocycles. The van der Waals surface area contributed by atoms with Gasteiger partial charge in [0, 0.05) is 5.69 Å². The summed E-state index contributed by atoms with van der Waals surface area (Å²) in [5.74, 6) is 0. The number of nitrogens with two attached hydrogens (primary N) is 1. The first kappa shape index (κ1) is 11.5. The molecule has 0 radical (unpaired) electrons. The van der Waals surface area contributed by atoms with Crippen LogP contribution in [0, 0.1) is 0 Å². The predicted molar refractivity (Wildman–Crippen MR) is 61.6 cm³/mol. The van der Waals surface area contributed by atoms with Crippen LogP contribution in [0.3, 0.4) is 0 Å². The lowest BCUT2D eigenvalue weighted by Gasteiger charge is -2.03. The zero-order valence-electron chi connectivity index (χ0n) is 8.22. The van der Waals surface area contributed by atoms with Gasteiger partial charge in [-0.3, -0.25) is 0 Å². The molecule has 1 heteroatoms.